The van der Waals surface area contributed by atoms with Crippen molar-refractivity contribution < 1.29 is 17.9 Å². The first-order valence-electron chi connectivity index (χ1n) is 6.58. The fourth-order valence-corrected chi connectivity index (χ4v) is 2.48. The zero-order valence-electron chi connectivity index (χ0n) is 12.8. The summed E-state index contributed by atoms with van der Waals surface area (Å²) in [5.41, 5.74) is 6.44. The fourth-order valence-electron chi connectivity index (χ4n) is 1.87. The molecular formula is C12H16N6O4S. The Morgan fingerprint density at radius 2 is 2.13 bits per heavy atom. The summed E-state index contributed by atoms with van der Waals surface area (Å²) in [6, 6.07) is 3.08. The van der Waals surface area contributed by atoms with E-state index in [1.165, 1.54) is 10.7 Å². The van der Waals surface area contributed by atoms with E-state index in [2.05, 4.69) is 20.0 Å². The minimum absolute atomic E-state index is 0.0794. The predicted octanol–water partition coefficient (Wildman–Crippen LogP) is 0.497. The maximum atomic E-state index is 11.3. The van der Waals surface area contributed by atoms with Gasteiger partial charge in [0.25, 0.3) is 5.88 Å². The second-order valence-electron chi connectivity index (χ2n) is 4.68. The van der Waals surface area contributed by atoms with Crippen molar-refractivity contribution in [2.45, 2.75) is 20.4 Å². The van der Waals surface area contributed by atoms with Gasteiger partial charge in [0, 0.05) is 6.54 Å². The SMILES string of the molecule is CCn1nnc(-c2ccc(NS(C)(=O)=O)c(C)n2)c1OC(N)=O. The molecule has 2 heterocycles. The highest BCUT2D eigenvalue weighted by Crippen LogP contribution is 2.28. The Labute approximate surface area is 132 Å². The number of carbonyl (C=O) groups excluding carboxylic acids is 1. The van der Waals surface area contributed by atoms with E-state index in [1.54, 1.807) is 19.9 Å². The molecule has 0 aromatic carbocycles. The molecule has 2 aromatic rings. The Hall–Kier alpha value is -2.69. The molecule has 23 heavy (non-hydrogen) atoms. The zero-order valence-corrected chi connectivity index (χ0v) is 13.6. The van der Waals surface area contributed by atoms with Gasteiger partial charge >= 0.3 is 6.09 Å². The molecule has 0 unspecified atom stereocenters. The number of hydrogen-bond donors (Lipinski definition) is 2. The van der Waals surface area contributed by atoms with Crippen LogP contribution in [-0.4, -0.2) is 40.7 Å². The highest BCUT2D eigenvalue weighted by Gasteiger charge is 2.19. The van der Waals surface area contributed by atoms with Gasteiger partial charge in [0.05, 0.1) is 23.3 Å². The summed E-state index contributed by atoms with van der Waals surface area (Å²) >= 11 is 0. The quantitative estimate of drug-likeness (QED) is 0.806. The maximum Gasteiger partial charge on any atom is 0.411 e. The van der Waals surface area contributed by atoms with Crippen molar-refractivity contribution in [3.63, 3.8) is 0 Å². The lowest BCUT2D eigenvalue weighted by molar-refractivity contribution is 0.206. The molecule has 3 N–H and O–H groups in total. The monoisotopic (exact) mass is 340 g/mol. The fraction of sp³-hybridized carbons (Fsp3) is 0.333. The van der Waals surface area contributed by atoms with Crippen LogP contribution in [0.25, 0.3) is 11.4 Å². The lowest BCUT2D eigenvalue weighted by atomic mass is 10.2. The molecule has 0 aliphatic heterocycles. The van der Waals surface area contributed by atoms with Gasteiger partial charge in [-0.2, -0.15) is 0 Å². The third-order valence-corrected chi connectivity index (χ3v) is 3.40. The molecule has 11 heteroatoms. The van der Waals surface area contributed by atoms with E-state index in [-0.39, 0.29) is 11.6 Å². The molecule has 0 fully saturated rings. The van der Waals surface area contributed by atoms with E-state index >= 15 is 0 Å². The molecule has 0 aliphatic carbocycles. The summed E-state index contributed by atoms with van der Waals surface area (Å²) in [6.45, 7) is 3.85. The number of aromatic nitrogens is 4. The average molecular weight is 340 g/mol. The number of primary amides is 1. The summed E-state index contributed by atoms with van der Waals surface area (Å²) < 4.78 is 31.2. The Balaban J connectivity index is 2.45. The van der Waals surface area contributed by atoms with Gasteiger partial charge in [-0.15, -0.1) is 5.10 Å². The molecule has 2 rings (SSSR count). The summed E-state index contributed by atoms with van der Waals surface area (Å²) in [4.78, 5) is 15.3. The van der Waals surface area contributed by atoms with E-state index in [1.807, 2.05) is 0 Å². The molecule has 2 aromatic heterocycles. The van der Waals surface area contributed by atoms with Crippen LogP contribution in [0.1, 0.15) is 12.6 Å². The topological polar surface area (TPSA) is 142 Å². The number of sulfonamides is 1. The molecule has 0 spiro atoms. The summed E-state index contributed by atoms with van der Waals surface area (Å²) in [7, 11) is -3.41. The number of nitrogens with zero attached hydrogens (tertiary/aromatic N) is 4. The van der Waals surface area contributed by atoms with Gasteiger partial charge in [-0.25, -0.2) is 22.9 Å². The van der Waals surface area contributed by atoms with Crippen molar-refractivity contribution in [1.29, 1.82) is 0 Å². The van der Waals surface area contributed by atoms with Gasteiger partial charge in [-0.1, -0.05) is 5.21 Å². The van der Waals surface area contributed by atoms with Crippen LogP contribution in [-0.2, 0) is 16.6 Å². The van der Waals surface area contributed by atoms with E-state index in [4.69, 9.17) is 10.5 Å². The van der Waals surface area contributed by atoms with Crippen LogP contribution in [0.3, 0.4) is 0 Å². The Bertz CT molecular complexity index is 845. The number of nitrogens with two attached hydrogens (primary N) is 1. The Kier molecular flexibility index (Phi) is 4.50. The van der Waals surface area contributed by atoms with Crippen LogP contribution in [0.4, 0.5) is 10.5 Å². The third-order valence-electron chi connectivity index (χ3n) is 2.81. The number of anilines is 1. The minimum Gasteiger partial charge on any atom is -0.389 e. The molecule has 124 valence electrons. The minimum atomic E-state index is -3.41. The van der Waals surface area contributed by atoms with Crippen LogP contribution >= 0.6 is 0 Å². The first kappa shape index (κ1) is 16.7. The van der Waals surface area contributed by atoms with Crippen LogP contribution in [0, 0.1) is 6.92 Å². The number of ether oxygens (including phenoxy) is 1. The predicted molar refractivity (Wildman–Crippen MR) is 82.3 cm³/mol. The molecule has 10 nitrogen and oxygen atoms in total. The number of aryl methyl sites for hydroxylation is 2. The molecule has 0 atom stereocenters. The van der Waals surface area contributed by atoms with Crippen molar-refractivity contribution in [3.8, 4) is 17.3 Å². The highest BCUT2D eigenvalue weighted by molar-refractivity contribution is 7.92. The van der Waals surface area contributed by atoms with Crippen molar-refractivity contribution in [1.82, 2.24) is 20.0 Å². The van der Waals surface area contributed by atoms with Crippen LogP contribution in [0.2, 0.25) is 0 Å². The first-order chi connectivity index (χ1) is 10.7. The normalized spacial score (nSPS) is 11.3. The van der Waals surface area contributed by atoms with Crippen molar-refractivity contribution in [2.75, 3.05) is 11.0 Å². The number of carbonyl (C=O) groups is 1. The standard InChI is InChI=1S/C12H16N6O4S/c1-4-18-11(22-12(13)19)10(15-17-18)9-6-5-8(7(2)14-9)16-23(3,20)21/h5-6,16H,4H2,1-3H3,(H2,13,19). The van der Waals surface area contributed by atoms with Crippen molar-refractivity contribution in [2.24, 2.45) is 5.73 Å². The van der Waals surface area contributed by atoms with Gasteiger partial charge in [0.15, 0.2) is 5.69 Å². The molecule has 0 saturated carbocycles. The maximum absolute atomic E-state index is 11.3. The number of amides is 1. The largest absolute Gasteiger partial charge is 0.411 e. The lowest BCUT2D eigenvalue weighted by Gasteiger charge is -2.09. The van der Waals surface area contributed by atoms with Crippen molar-refractivity contribution >= 4 is 21.8 Å². The molecule has 1 amide bonds. The summed E-state index contributed by atoms with van der Waals surface area (Å²) in [5.74, 6) is 0.0794. The highest BCUT2D eigenvalue weighted by atomic mass is 32.2. The molecular weight excluding hydrogens is 324 g/mol. The summed E-state index contributed by atoms with van der Waals surface area (Å²) in [5, 5.41) is 7.79. The average Bonchev–Trinajstić information content (AvgIpc) is 2.81. The molecule has 0 bridgehead atoms. The number of pyridine rings is 1. The smallest absolute Gasteiger partial charge is 0.389 e. The van der Waals surface area contributed by atoms with Crippen LogP contribution in [0.15, 0.2) is 12.1 Å². The van der Waals surface area contributed by atoms with Gasteiger partial charge in [-0.3, -0.25) is 4.72 Å². The lowest BCUT2D eigenvalue weighted by Crippen LogP contribution is -2.19. The first-order valence-corrected chi connectivity index (χ1v) is 8.47. The van der Waals surface area contributed by atoms with Crippen LogP contribution < -0.4 is 15.2 Å². The third kappa shape index (κ3) is 3.94. The number of hydrogen-bond acceptors (Lipinski definition) is 7. The second-order valence-corrected chi connectivity index (χ2v) is 6.43. The van der Waals surface area contributed by atoms with E-state index < -0.39 is 16.1 Å². The van der Waals surface area contributed by atoms with E-state index in [9.17, 15) is 13.2 Å². The molecule has 0 radical (unpaired) electrons. The van der Waals surface area contributed by atoms with E-state index in [0.717, 1.165) is 6.26 Å². The van der Waals surface area contributed by atoms with Gasteiger partial charge in [-0.05, 0) is 26.0 Å². The zero-order chi connectivity index (χ0) is 17.2. The number of nitrogens with one attached hydrogen (secondary N) is 1. The van der Waals surface area contributed by atoms with Gasteiger partial charge in [0.1, 0.15) is 0 Å². The van der Waals surface area contributed by atoms with E-state index in [0.29, 0.717) is 23.6 Å². The van der Waals surface area contributed by atoms with Gasteiger partial charge < -0.3 is 10.5 Å². The van der Waals surface area contributed by atoms with Crippen LogP contribution in [0.5, 0.6) is 5.88 Å². The Morgan fingerprint density at radius 1 is 1.43 bits per heavy atom. The second kappa shape index (κ2) is 6.20. The molecule has 0 saturated heterocycles. The number of rotatable bonds is 5. The summed E-state index contributed by atoms with van der Waals surface area (Å²) in [6.07, 6.45) is 0.0572. The van der Waals surface area contributed by atoms with Gasteiger partial charge in [0.2, 0.25) is 10.0 Å². The van der Waals surface area contributed by atoms with Crippen molar-refractivity contribution in [3.05, 3.63) is 17.8 Å². The molecule has 0 aliphatic rings. The Morgan fingerprint density at radius 3 is 2.65 bits per heavy atom.